The van der Waals surface area contributed by atoms with E-state index in [-0.39, 0.29) is 41.9 Å². The van der Waals surface area contributed by atoms with Gasteiger partial charge in [0.1, 0.15) is 6.54 Å². The number of ketones is 2. The van der Waals surface area contributed by atoms with Crippen molar-refractivity contribution in [3.05, 3.63) is 23.5 Å². The van der Waals surface area contributed by atoms with Crippen molar-refractivity contribution in [1.82, 2.24) is 0 Å². The number of carbonyl (C=O) groups excluding carboxylic acids is 2. The highest BCUT2D eigenvalue weighted by Crippen LogP contribution is 2.12. The number of halogens is 1. The molecule has 0 unspecified atom stereocenters. The van der Waals surface area contributed by atoms with Crippen molar-refractivity contribution in [2.24, 2.45) is 0 Å². The molecule has 0 heterocycles. The molecule has 0 aromatic rings. The highest BCUT2D eigenvalue weighted by Gasteiger charge is 2.21. The Bertz CT molecular complexity index is 350. The van der Waals surface area contributed by atoms with Gasteiger partial charge >= 0.3 is 0 Å². The minimum Gasteiger partial charge on any atom is -0.869 e. The zero-order chi connectivity index (χ0) is 10.9. The highest BCUT2D eigenvalue weighted by atomic mass is 127. The summed E-state index contributed by atoms with van der Waals surface area (Å²) in [5.41, 5.74) is 0.0880. The molecule has 0 N–H and O–H groups in total. The summed E-state index contributed by atoms with van der Waals surface area (Å²) in [6.07, 6.45) is 2.19. The summed E-state index contributed by atoms with van der Waals surface area (Å²) < 4.78 is 0.452. The van der Waals surface area contributed by atoms with Crippen molar-refractivity contribution in [3.8, 4) is 0 Å². The molecule has 84 valence electrons. The zero-order valence-corrected chi connectivity index (χ0v) is 11.3. The van der Waals surface area contributed by atoms with E-state index >= 15 is 0 Å². The molecule has 5 heteroatoms. The van der Waals surface area contributed by atoms with Gasteiger partial charge in [-0.3, -0.25) is 9.59 Å². The molecule has 15 heavy (non-hydrogen) atoms. The van der Waals surface area contributed by atoms with Gasteiger partial charge in [-0.2, -0.15) is 0 Å². The fourth-order valence-electron chi connectivity index (χ4n) is 1.21. The Kier molecular flexibility index (Phi) is 4.66. The highest BCUT2D eigenvalue weighted by molar-refractivity contribution is 14.0. The van der Waals surface area contributed by atoms with Crippen LogP contribution in [0.1, 0.15) is 0 Å². The van der Waals surface area contributed by atoms with Gasteiger partial charge < -0.3 is 9.59 Å². The van der Waals surface area contributed by atoms with Gasteiger partial charge in [0, 0.05) is 5.57 Å². The van der Waals surface area contributed by atoms with Gasteiger partial charge in [0.15, 0.2) is 11.6 Å². The average molecular weight is 323 g/mol. The molecule has 1 aliphatic carbocycles. The van der Waals surface area contributed by atoms with Gasteiger partial charge in [0.05, 0.1) is 21.1 Å². The largest absolute Gasteiger partial charge is 0.869 e. The van der Waals surface area contributed by atoms with Gasteiger partial charge in [-0.1, -0.05) is 0 Å². The molecule has 0 spiro atoms. The zero-order valence-electron chi connectivity index (χ0n) is 8.94. The molecule has 0 amide bonds. The van der Waals surface area contributed by atoms with Crippen LogP contribution in [-0.4, -0.2) is 43.7 Å². The van der Waals surface area contributed by atoms with E-state index in [2.05, 4.69) is 0 Å². The third-order valence-electron chi connectivity index (χ3n) is 1.81. The number of hydrogen-bond donors (Lipinski definition) is 0. The monoisotopic (exact) mass is 323 g/mol. The maximum absolute atomic E-state index is 11.3. The molecule has 0 saturated heterocycles. The fraction of sp³-hybridized carbons (Fsp3) is 0.400. The predicted molar refractivity (Wildman–Crippen MR) is 64.5 cm³/mol. The molecular formula is C10H14INO3. The molecule has 0 atom stereocenters. The van der Waals surface area contributed by atoms with Crippen molar-refractivity contribution in [3.63, 3.8) is 0 Å². The van der Waals surface area contributed by atoms with E-state index < -0.39 is 11.5 Å². The van der Waals surface area contributed by atoms with Crippen LogP contribution >= 0.6 is 24.0 Å². The maximum Gasteiger partial charge on any atom is 0.187 e. The Morgan fingerprint density at radius 2 is 1.60 bits per heavy atom. The molecule has 0 aliphatic heterocycles. The van der Waals surface area contributed by atoms with Gasteiger partial charge in [0.25, 0.3) is 0 Å². The quantitative estimate of drug-likeness (QED) is 0.396. The Balaban J connectivity index is 0.00000196. The summed E-state index contributed by atoms with van der Waals surface area (Å²) in [6.45, 7) is 0.285. The predicted octanol–water partition coefficient (Wildman–Crippen LogP) is -0.367. The lowest BCUT2D eigenvalue weighted by Crippen LogP contribution is -2.40. The third-order valence-corrected chi connectivity index (χ3v) is 1.81. The smallest absolute Gasteiger partial charge is 0.187 e. The van der Waals surface area contributed by atoms with Crippen LogP contribution in [0.3, 0.4) is 0 Å². The first-order valence-electron chi connectivity index (χ1n) is 4.28. The maximum atomic E-state index is 11.3. The van der Waals surface area contributed by atoms with Crippen LogP contribution in [0.2, 0.25) is 0 Å². The van der Waals surface area contributed by atoms with E-state index in [9.17, 15) is 14.7 Å². The van der Waals surface area contributed by atoms with Crippen LogP contribution in [-0.2, 0) is 9.59 Å². The lowest BCUT2D eigenvalue weighted by molar-refractivity contribution is -0.865. The second-order valence-electron chi connectivity index (χ2n) is 4.32. The van der Waals surface area contributed by atoms with E-state index in [1.807, 2.05) is 21.1 Å². The van der Waals surface area contributed by atoms with Gasteiger partial charge in [-0.05, 0) is 17.9 Å². The summed E-state index contributed by atoms with van der Waals surface area (Å²) in [7, 11) is 5.57. The van der Waals surface area contributed by atoms with Crippen LogP contribution in [0.15, 0.2) is 23.5 Å². The number of likely N-dealkylation sites (N-methyl/N-ethyl adjacent to an activating group) is 1. The molecule has 1 rings (SSSR count). The Labute approximate surface area is 106 Å². The number of hydrogen-bond acceptors (Lipinski definition) is 3. The number of allylic oxidation sites excluding steroid dienone is 2. The Morgan fingerprint density at radius 3 is 2.07 bits per heavy atom. The number of rotatable bonds is 2. The minimum atomic E-state index is -0.662. The Morgan fingerprint density at radius 1 is 1.13 bits per heavy atom. The molecule has 4 nitrogen and oxygen atoms in total. The molecule has 0 bridgehead atoms. The molecule has 0 radical (unpaired) electrons. The molecule has 0 aromatic heterocycles. The van der Waals surface area contributed by atoms with Gasteiger partial charge in [-0.25, -0.2) is 0 Å². The standard InChI is InChI=1S/C10H13NO3.HI/c1-11(2,3)6-7-8(12)4-5-9(13)10(7)14;/h4-5H,6H2,1-3H3;1H. The number of carbonyl (C=O) groups is 2. The molecular weight excluding hydrogens is 309 g/mol. The summed E-state index contributed by atoms with van der Waals surface area (Å²) in [5.74, 6) is -1.61. The number of quaternary nitrogens is 1. The van der Waals surface area contributed by atoms with Crippen LogP contribution in [0.25, 0.3) is 0 Å². The topological polar surface area (TPSA) is 57.2 Å². The normalized spacial score (nSPS) is 16.7. The first-order chi connectivity index (χ1) is 6.31. The molecule has 0 aromatic carbocycles. The van der Waals surface area contributed by atoms with Crippen molar-refractivity contribution < 1.29 is 19.2 Å². The van der Waals surface area contributed by atoms with Crippen molar-refractivity contribution in [1.29, 1.82) is 0 Å². The van der Waals surface area contributed by atoms with Crippen molar-refractivity contribution in [2.45, 2.75) is 0 Å². The number of nitrogens with zero attached hydrogens (tertiary/aromatic N) is 1. The first-order valence-corrected chi connectivity index (χ1v) is 4.28. The summed E-state index contributed by atoms with van der Waals surface area (Å²) in [5, 5.41) is 11.3. The second kappa shape index (κ2) is 4.89. The van der Waals surface area contributed by atoms with Crippen LogP contribution in [0.4, 0.5) is 0 Å². The van der Waals surface area contributed by atoms with Crippen LogP contribution < -0.4 is 5.11 Å². The van der Waals surface area contributed by atoms with Crippen molar-refractivity contribution in [2.75, 3.05) is 27.7 Å². The minimum absolute atomic E-state index is 0. The third kappa shape index (κ3) is 3.75. The molecule has 1 aliphatic rings. The van der Waals surface area contributed by atoms with Crippen LogP contribution in [0.5, 0.6) is 0 Å². The SMILES string of the molecule is C[N+](C)(C)CC1=C([O-])C(=O)C=CC1=O.I. The van der Waals surface area contributed by atoms with E-state index in [4.69, 9.17) is 0 Å². The molecule has 0 saturated carbocycles. The Hall–Kier alpha value is -0.690. The lowest BCUT2D eigenvalue weighted by Gasteiger charge is -2.28. The van der Waals surface area contributed by atoms with E-state index in [0.717, 1.165) is 12.2 Å². The summed E-state index contributed by atoms with van der Waals surface area (Å²) >= 11 is 0. The van der Waals surface area contributed by atoms with Crippen LogP contribution in [0, 0.1) is 0 Å². The van der Waals surface area contributed by atoms with E-state index in [1.54, 1.807) is 0 Å². The summed E-state index contributed by atoms with van der Waals surface area (Å²) in [6, 6.07) is 0. The molecule has 0 fully saturated rings. The average Bonchev–Trinajstić information content (AvgIpc) is 2.04. The van der Waals surface area contributed by atoms with Crippen molar-refractivity contribution >= 4 is 35.5 Å². The van der Waals surface area contributed by atoms with E-state index in [0.29, 0.717) is 4.48 Å². The summed E-state index contributed by atoms with van der Waals surface area (Å²) in [4.78, 5) is 22.3. The second-order valence-corrected chi connectivity index (χ2v) is 4.32. The van der Waals surface area contributed by atoms with Gasteiger partial charge in [0.2, 0.25) is 0 Å². The lowest BCUT2D eigenvalue weighted by atomic mass is 10.0. The van der Waals surface area contributed by atoms with E-state index in [1.165, 1.54) is 0 Å². The fourth-order valence-corrected chi connectivity index (χ4v) is 1.21. The van der Waals surface area contributed by atoms with Gasteiger partial charge in [-0.15, -0.1) is 24.0 Å². The first kappa shape index (κ1) is 14.3.